The van der Waals surface area contributed by atoms with Crippen LogP contribution in [0.25, 0.3) is 0 Å². The van der Waals surface area contributed by atoms with Crippen LogP contribution in [0.2, 0.25) is 0 Å². The van der Waals surface area contributed by atoms with Gasteiger partial charge in [-0.3, -0.25) is 9.59 Å². The van der Waals surface area contributed by atoms with Crippen molar-refractivity contribution in [1.29, 1.82) is 0 Å². The Hall–Kier alpha value is -0.100. The minimum atomic E-state index is -0.965. The maximum absolute atomic E-state index is 11.0. The van der Waals surface area contributed by atoms with Crippen LogP contribution in [0.5, 0.6) is 0 Å². The molecule has 132 valence electrons. The molecule has 3 N–H and O–H groups in total. The van der Waals surface area contributed by atoms with Gasteiger partial charge in [-0.05, 0) is 19.4 Å². The zero-order valence-corrected chi connectivity index (χ0v) is 17.0. The summed E-state index contributed by atoms with van der Waals surface area (Å²) in [5.74, 6) is -1.92. The van der Waals surface area contributed by atoms with E-state index in [-0.39, 0.29) is 43.8 Å². The predicted molar refractivity (Wildman–Crippen MR) is 89.3 cm³/mol. The van der Waals surface area contributed by atoms with Crippen molar-refractivity contribution in [2.45, 2.75) is 90.0 Å². The van der Waals surface area contributed by atoms with Crippen LogP contribution in [0, 0.1) is 0 Å². The van der Waals surface area contributed by atoms with Crippen LogP contribution in [0.15, 0.2) is 0 Å². The van der Waals surface area contributed by atoms with E-state index in [2.05, 4.69) is 12.2 Å². The first-order valence-electron chi connectivity index (χ1n) is 8.76. The molecule has 6 heteroatoms. The van der Waals surface area contributed by atoms with Gasteiger partial charge in [0.1, 0.15) is 6.04 Å². The molecule has 0 fully saturated rings. The Bertz CT molecular complexity index is 306. The van der Waals surface area contributed by atoms with E-state index in [1.54, 1.807) is 0 Å². The Kier molecular flexibility index (Phi) is 19.9. The van der Waals surface area contributed by atoms with Crippen LogP contribution in [0.3, 0.4) is 0 Å². The average Bonchev–Trinajstić information content (AvgIpc) is 2.47. The molecule has 1 atom stereocenters. The van der Waals surface area contributed by atoms with E-state index in [9.17, 15) is 9.59 Å². The summed E-state index contributed by atoms with van der Waals surface area (Å²) in [7, 11) is 0. The molecule has 0 aliphatic heterocycles. The Morgan fingerprint density at radius 3 is 1.83 bits per heavy atom. The fourth-order valence-electron chi connectivity index (χ4n) is 2.47. The number of carboxylic acids is 2. The number of rotatable bonds is 16. The van der Waals surface area contributed by atoms with Gasteiger partial charge in [-0.2, -0.15) is 0 Å². The molecule has 0 aromatic carbocycles. The van der Waals surface area contributed by atoms with Crippen molar-refractivity contribution in [1.82, 2.24) is 5.32 Å². The third-order valence-electron chi connectivity index (χ3n) is 3.87. The summed E-state index contributed by atoms with van der Waals surface area (Å²) in [6, 6.07) is -0.741. The Morgan fingerprint density at radius 2 is 1.39 bits per heavy atom. The van der Waals surface area contributed by atoms with Crippen LogP contribution in [0.1, 0.15) is 85.4 Å². The molecule has 0 spiro atoms. The van der Waals surface area contributed by atoms with E-state index in [1.165, 1.54) is 51.4 Å². The van der Waals surface area contributed by atoms with E-state index in [1.807, 2.05) is 0 Å². The third kappa shape index (κ3) is 18.1. The summed E-state index contributed by atoms with van der Waals surface area (Å²) in [4.78, 5) is 21.4. The molecule has 0 aliphatic rings. The fraction of sp³-hybridized carbons (Fsp3) is 0.882. The fourth-order valence-corrected chi connectivity index (χ4v) is 2.47. The van der Waals surface area contributed by atoms with Crippen LogP contribution in [-0.4, -0.2) is 34.7 Å². The molecular formula is C17H34NNaO4. The minimum Gasteiger partial charge on any atom is -1.00 e. The van der Waals surface area contributed by atoms with Gasteiger partial charge in [-0.15, -0.1) is 0 Å². The van der Waals surface area contributed by atoms with Crippen molar-refractivity contribution in [3.63, 3.8) is 0 Å². The second kappa shape index (κ2) is 18.2. The van der Waals surface area contributed by atoms with Gasteiger partial charge in [0.25, 0.3) is 0 Å². The van der Waals surface area contributed by atoms with Gasteiger partial charge in [0.15, 0.2) is 0 Å². The maximum Gasteiger partial charge on any atom is 1.00 e. The first kappa shape index (κ1) is 25.1. The molecule has 0 radical (unpaired) electrons. The molecule has 0 saturated carbocycles. The summed E-state index contributed by atoms with van der Waals surface area (Å²) >= 11 is 0. The van der Waals surface area contributed by atoms with Gasteiger partial charge in [0.2, 0.25) is 0 Å². The van der Waals surface area contributed by atoms with E-state index in [4.69, 9.17) is 10.2 Å². The Balaban J connectivity index is -0.00000220. The molecule has 0 aromatic heterocycles. The van der Waals surface area contributed by atoms with Crippen molar-refractivity contribution in [2.75, 3.05) is 6.54 Å². The predicted octanol–water partition coefficient (Wildman–Crippen LogP) is 0.931. The van der Waals surface area contributed by atoms with Crippen LogP contribution < -0.4 is 34.9 Å². The molecule has 0 amide bonds. The first-order valence-corrected chi connectivity index (χ1v) is 8.76. The number of hydrogen-bond donors (Lipinski definition) is 3. The molecule has 0 saturated heterocycles. The molecule has 5 nitrogen and oxygen atoms in total. The summed E-state index contributed by atoms with van der Waals surface area (Å²) in [5.41, 5.74) is 0. The zero-order chi connectivity index (χ0) is 16.6. The summed E-state index contributed by atoms with van der Waals surface area (Å²) in [5, 5.41) is 20.5. The second-order valence-corrected chi connectivity index (χ2v) is 5.96. The molecule has 0 bridgehead atoms. The largest absolute Gasteiger partial charge is 1.00 e. The second-order valence-electron chi connectivity index (χ2n) is 5.96. The van der Waals surface area contributed by atoms with E-state index in [0.717, 1.165) is 12.8 Å². The number of carboxylic acid groups (broad SMARTS) is 2. The van der Waals surface area contributed by atoms with E-state index in [0.29, 0.717) is 6.54 Å². The van der Waals surface area contributed by atoms with Gasteiger partial charge >= 0.3 is 41.5 Å². The van der Waals surface area contributed by atoms with Gasteiger partial charge in [0.05, 0.1) is 0 Å². The van der Waals surface area contributed by atoms with Gasteiger partial charge < -0.3 is 17.0 Å². The van der Waals surface area contributed by atoms with Crippen LogP contribution in [0.4, 0.5) is 0 Å². The van der Waals surface area contributed by atoms with E-state index >= 15 is 0 Å². The van der Waals surface area contributed by atoms with Gasteiger partial charge in [0, 0.05) is 6.42 Å². The van der Waals surface area contributed by atoms with Crippen LogP contribution >= 0.6 is 0 Å². The van der Waals surface area contributed by atoms with E-state index < -0.39 is 18.0 Å². The standard InChI is InChI=1S/C17H33NO4.Na.H/c1-2-3-4-5-6-7-8-9-10-11-14-18-15(17(21)22)12-13-16(19)20;;/h15,18H,2-14H2,1H3,(H,19,20)(H,21,22);;/q;+1;-1/t15-;;/m0../s1. The zero-order valence-electron chi connectivity index (χ0n) is 16.0. The third-order valence-corrected chi connectivity index (χ3v) is 3.87. The smallest absolute Gasteiger partial charge is 1.00 e. The van der Waals surface area contributed by atoms with Crippen molar-refractivity contribution in [3.8, 4) is 0 Å². The summed E-state index contributed by atoms with van der Waals surface area (Å²) in [6.45, 7) is 2.87. The van der Waals surface area contributed by atoms with Crippen LogP contribution in [-0.2, 0) is 9.59 Å². The molecule has 0 heterocycles. The maximum atomic E-state index is 11.0. The molecule has 0 aliphatic carbocycles. The van der Waals surface area contributed by atoms with Crippen molar-refractivity contribution in [2.24, 2.45) is 0 Å². The number of nitrogens with one attached hydrogen (secondary N) is 1. The Morgan fingerprint density at radius 1 is 0.913 bits per heavy atom. The average molecular weight is 339 g/mol. The molecule has 0 aromatic rings. The Labute approximate surface area is 164 Å². The quantitative estimate of drug-likeness (QED) is 0.288. The molecular weight excluding hydrogens is 305 g/mol. The molecule has 0 rings (SSSR count). The summed E-state index contributed by atoms with van der Waals surface area (Å²) < 4.78 is 0. The van der Waals surface area contributed by atoms with Crippen molar-refractivity contribution < 1.29 is 50.8 Å². The molecule has 23 heavy (non-hydrogen) atoms. The monoisotopic (exact) mass is 339 g/mol. The number of unbranched alkanes of at least 4 members (excludes halogenated alkanes) is 9. The van der Waals surface area contributed by atoms with Crippen molar-refractivity contribution in [3.05, 3.63) is 0 Å². The molecule has 0 unspecified atom stereocenters. The number of hydrogen-bond acceptors (Lipinski definition) is 3. The topological polar surface area (TPSA) is 86.6 Å². The van der Waals surface area contributed by atoms with Gasteiger partial charge in [-0.1, -0.05) is 64.7 Å². The first-order chi connectivity index (χ1) is 10.6. The normalized spacial score (nSPS) is 11.7. The minimum absolute atomic E-state index is 0. The summed E-state index contributed by atoms with van der Waals surface area (Å²) in [6.07, 6.45) is 12.5. The number of aliphatic carboxylic acids is 2. The SMILES string of the molecule is CCCCCCCCCCCCN[C@@H](CCC(=O)O)C(=O)O.[H-].[Na+]. The van der Waals surface area contributed by atoms with Crippen molar-refractivity contribution >= 4 is 11.9 Å². The van der Waals surface area contributed by atoms with Gasteiger partial charge in [-0.25, -0.2) is 0 Å². The number of carbonyl (C=O) groups is 2.